The third-order valence-electron chi connectivity index (χ3n) is 7.52. The van der Waals surface area contributed by atoms with Crippen LogP contribution < -0.4 is 10.6 Å². The number of aromatic nitrogens is 2. The van der Waals surface area contributed by atoms with Crippen LogP contribution in [0.25, 0.3) is 0 Å². The van der Waals surface area contributed by atoms with Gasteiger partial charge < -0.3 is 10.6 Å². The summed E-state index contributed by atoms with van der Waals surface area (Å²) >= 11 is 0. The Morgan fingerprint density at radius 2 is 1.02 bits per heavy atom. The van der Waals surface area contributed by atoms with Gasteiger partial charge in [0.25, 0.3) is 11.8 Å². The Morgan fingerprint density at radius 3 is 1.35 bits per heavy atom. The fraction of sp³-hybridized carbons (Fsp3) is 0.625. The molecule has 0 radical (unpaired) electrons. The summed E-state index contributed by atoms with van der Waals surface area (Å²) in [5.74, 6) is -0.353. The lowest BCUT2D eigenvalue weighted by atomic mass is 10.1. The Balaban J connectivity index is 1.69. The van der Waals surface area contributed by atoms with Gasteiger partial charge in [0.15, 0.2) is 12.3 Å². The van der Waals surface area contributed by atoms with Crippen LogP contribution in [-0.2, 0) is 35.5 Å². The average Bonchev–Trinajstić information content (AvgIpc) is 2.97. The molecule has 2 unspecified atom stereocenters. The maximum absolute atomic E-state index is 13.5. The maximum Gasteiger partial charge on any atom is 0.259 e. The van der Waals surface area contributed by atoms with Crippen molar-refractivity contribution < 1.29 is 9.59 Å². The standard InChI is InChI=1S/C32H50N6O2/c1-5-9-13-25-15-17-27(33-21-25)23-37(19-11-7-3)29-31(39)36-30(32(40)35-29)38(20-12-8-4)24-28-18-16-26(22-34-28)14-10-6-2/h15-18,21-22,29-30H,5-14,19-20,23-24H2,1-4H3,(H,35,40)(H,36,39). The second-order valence-electron chi connectivity index (χ2n) is 11.0. The Morgan fingerprint density at radius 1 is 0.625 bits per heavy atom. The highest BCUT2D eigenvalue weighted by Crippen LogP contribution is 2.16. The van der Waals surface area contributed by atoms with Gasteiger partial charge in [-0.1, -0.05) is 65.5 Å². The molecule has 40 heavy (non-hydrogen) atoms. The van der Waals surface area contributed by atoms with E-state index in [1.54, 1.807) is 0 Å². The number of rotatable bonds is 18. The molecular weight excluding hydrogens is 500 g/mol. The van der Waals surface area contributed by atoms with Gasteiger partial charge in [-0.2, -0.15) is 0 Å². The van der Waals surface area contributed by atoms with Crippen LogP contribution in [0.1, 0.15) is 102 Å². The van der Waals surface area contributed by atoms with Crippen molar-refractivity contribution in [3.63, 3.8) is 0 Å². The van der Waals surface area contributed by atoms with Gasteiger partial charge in [-0.15, -0.1) is 0 Å². The van der Waals surface area contributed by atoms with Crippen molar-refractivity contribution in [1.29, 1.82) is 0 Å². The number of piperazine rings is 1. The van der Waals surface area contributed by atoms with Crippen molar-refractivity contribution in [3.8, 4) is 0 Å². The van der Waals surface area contributed by atoms with E-state index in [2.05, 4.69) is 60.4 Å². The van der Waals surface area contributed by atoms with Gasteiger partial charge in [0, 0.05) is 38.6 Å². The predicted octanol–water partition coefficient (Wildman–Crippen LogP) is 4.96. The minimum Gasteiger partial charge on any atom is -0.329 e. The molecule has 0 aromatic carbocycles. The molecule has 220 valence electrons. The van der Waals surface area contributed by atoms with Gasteiger partial charge in [-0.05, 0) is 61.8 Å². The molecule has 3 heterocycles. The minimum absolute atomic E-state index is 0.176. The van der Waals surface area contributed by atoms with Crippen molar-refractivity contribution in [2.45, 2.75) is 117 Å². The van der Waals surface area contributed by atoms with Gasteiger partial charge in [0.05, 0.1) is 11.4 Å². The fourth-order valence-electron chi connectivity index (χ4n) is 4.97. The lowest BCUT2D eigenvalue weighted by Crippen LogP contribution is -2.70. The van der Waals surface area contributed by atoms with E-state index in [-0.39, 0.29) is 11.8 Å². The molecule has 2 amide bonds. The zero-order chi connectivity index (χ0) is 28.7. The molecule has 0 aliphatic carbocycles. The molecule has 1 aliphatic rings. The van der Waals surface area contributed by atoms with Crippen LogP contribution in [0.4, 0.5) is 0 Å². The number of aryl methyl sites for hydroxylation is 2. The van der Waals surface area contributed by atoms with Crippen LogP contribution in [0.5, 0.6) is 0 Å². The van der Waals surface area contributed by atoms with Crippen molar-refractivity contribution in [2.75, 3.05) is 13.1 Å². The number of hydrogen-bond donors (Lipinski definition) is 2. The first-order valence-electron chi connectivity index (χ1n) is 15.4. The average molecular weight is 551 g/mol. The second-order valence-corrected chi connectivity index (χ2v) is 11.0. The van der Waals surface area contributed by atoms with Crippen LogP contribution >= 0.6 is 0 Å². The molecule has 8 heteroatoms. The molecule has 2 aromatic rings. The number of unbranched alkanes of at least 4 members (excludes halogenated alkanes) is 4. The molecule has 1 fully saturated rings. The van der Waals surface area contributed by atoms with Crippen molar-refractivity contribution in [2.24, 2.45) is 0 Å². The molecule has 2 N–H and O–H groups in total. The molecule has 2 aromatic heterocycles. The molecular formula is C32H50N6O2. The topological polar surface area (TPSA) is 90.5 Å². The van der Waals surface area contributed by atoms with Gasteiger partial charge in [0.1, 0.15) is 0 Å². The Labute approximate surface area is 241 Å². The zero-order valence-corrected chi connectivity index (χ0v) is 25.1. The van der Waals surface area contributed by atoms with Gasteiger partial charge in [0.2, 0.25) is 0 Å². The third kappa shape index (κ3) is 9.66. The summed E-state index contributed by atoms with van der Waals surface area (Å²) in [4.78, 5) is 40.3. The molecule has 2 atom stereocenters. The summed E-state index contributed by atoms with van der Waals surface area (Å²) in [5.41, 5.74) is 4.26. The number of hydrogen-bond acceptors (Lipinski definition) is 6. The van der Waals surface area contributed by atoms with Gasteiger partial charge in [-0.25, -0.2) is 0 Å². The summed E-state index contributed by atoms with van der Waals surface area (Å²) in [6.07, 6.45) is 13.0. The highest BCUT2D eigenvalue weighted by atomic mass is 16.2. The number of nitrogens with one attached hydrogen (secondary N) is 2. The van der Waals surface area contributed by atoms with Gasteiger partial charge >= 0.3 is 0 Å². The normalized spacial score (nSPS) is 17.4. The van der Waals surface area contributed by atoms with Crippen molar-refractivity contribution in [3.05, 3.63) is 59.2 Å². The summed E-state index contributed by atoms with van der Waals surface area (Å²) in [7, 11) is 0. The summed E-state index contributed by atoms with van der Waals surface area (Å²) in [5, 5.41) is 6.09. The first kappa shape index (κ1) is 31.7. The van der Waals surface area contributed by atoms with E-state index in [4.69, 9.17) is 0 Å². The molecule has 0 bridgehead atoms. The van der Waals surface area contributed by atoms with E-state index < -0.39 is 12.3 Å². The molecule has 1 saturated heterocycles. The SMILES string of the molecule is CCCCc1ccc(CN(CCCC)C2NC(=O)C(N(CCCC)Cc3ccc(CCCC)cn3)NC2=O)nc1. The second kappa shape index (κ2) is 17.1. The monoisotopic (exact) mass is 550 g/mol. The van der Waals surface area contributed by atoms with Crippen LogP contribution in [0.2, 0.25) is 0 Å². The molecule has 0 spiro atoms. The molecule has 3 rings (SSSR count). The Bertz CT molecular complexity index is 943. The van der Waals surface area contributed by atoms with E-state index >= 15 is 0 Å². The molecule has 1 aliphatic heterocycles. The van der Waals surface area contributed by atoms with Gasteiger partial charge in [-0.3, -0.25) is 29.4 Å². The lowest BCUT2D eigenvalue weighted by molar-refractivity contribution is -0.147. The molecule has 8 nitrogen and oxygen atoms in total. The summed E-state index contributed by atoms with van der Waals surface area (Å²) < 4.78 is 0. The van der Waals surface area contributed by atoms with Crippen LogP contribution in [0, 0.1) is 0 Å². The number of carbonyl (C=O) groups excluding carboxylic acids is 2. The Hall–Kier alpha value is -2.84. The van der Waals surface area contributed by atoms with Crippen molar-refractivity contribution in [1.82, 2.24) is 30.4 Å². The van der Waals surface area contributed by atoms with Crippen LogP contribution in [0.3, 0.4) is 0 Å². The summed E-state index contributed by atoms with van der Waals surface area (Å²) in [6, 6.07) is 8.34. The zero-order valence-electron chi connectivity index (χ0n) is 25.1. The smallest absolute Gasteiger partial charge is 0.259 e. The number of carbonyl (C=O) groups is 2. The minimum atomic E-state index is -0.721. The Kier molecular flexibility index (Phi) is 13.5. The lowest BCUT2D eigenvalue weighted by Gasteiger charge is -2.40. The molecule has 0 saturated carbocycles. The first-order valence-corrected chi connectivity index (χ1v) is 15.4. The first-order chi connectivity index (χ1) is 19.5. The highest BCUT2D eigenvalue weighted by Gasteiger charge is 2.39. The van der Waals surface area contributed by atoms with E-state index in [0.717, 1.165) is 75.6 Å². The number of nitrogens with zero attached hydrogens (tertiary/aromatic N) is 4. The van der Waals surface area contributed by atoms with E-state index in [1.807, 2.05) is 34.3 Å². The van der Waals surface area contributed by atoms with E-state index in [9.17, 15) is 9.59 Å². The predicted molar refractivity (Wildman–Crippen MR) is 160 cm³/mol. The van der Waals surface area contributed by atoms with E-state index in [1.165, 1.54) is 11.1 Å². The largest absolute Gasteiger partial charge is 0.329 e. The van der Waals surface area contributed by atoms with Crippen LogP contribution in [0.15, 0.2) is 36.7 Å². The summed E-state index contributed by atoms with van der Waals surface area (Å²) in [6.45, 7) is 11.0. The highest BCUT2D eigenvalue weighted by molar-refractivity contribution is 5.96. The third-order valence-corrected chi connectivity index (χ3v) is 7.52. The maximum atomic E-state index is 13.5. The fourth-order valence-corrected chi connectivity index (χ4v) is 4.97. The number of pyridine rings is 2. The number of amides is 2. The van der Waals surface area contributed by atoms with Crippen LogP contribution in [-0.4, -0.2) is 57.0 Å². The quantitative estimate of drug-likeness (QED) is 0.273. The van der Waals surface area contributed by atoms with Crippen molar-refractivity contribution >= 4 is 11.8 Å². The van der Waals surface area contributed by atoms with E-state index in [0.29, 0.717) is 26.2 Å².